The molecule has 1 aliphatic heterocycles. The lowest BCUT2D eigenvalue weighted by atomic mass is 9.98. The van der Waals surface area contributed by atoms with Gasteiger partial charge in [-0.2, -0.15) is 4.98 Å². The van der Waals surface area contributed by atoms with Crippen molar-refractivity contribution in [3.8, 4) is 0 Å². The number of nitrogens with one attached hydrogen (secondary N) is 1. The summed E-state index contributed by atoms with van der Waals surface area (Å²) >= 11 is 0. The van der Waals surface area contributed by atoms with E-state index in [2.05, 4.69) is 34.2 Å². The monoisotopic (exact) mass is 278 g/mol. The minimum Gasteiger partial charge on any atom is -0.339 e. The summed E-state index contributed by atoms with van der Waals surface area (Å²) in [6.07, 6.45) is 5.05. The molecule has 1 aromatic heterocycles. The van der Waals surface area contributed by atoms with Gasteiger partial charge in [0.2, 0.25) is 5.89 Å². The smallest absolute Gasteiger partial charge is 0.229 e. The van der Waals surface area contributed by atoms with Gasteiger partial charge >= 0.3 is 0 Å². The molecular weight excluding hydrogens is 252 g/mol. The van der Waals surface area contributed by atoms with Crippen molar-refractivity contribution in [3.05, 3.63) is 11.7 Å². The van der Waals surface area contributed by atoms with Crippen molar-refractivity contribution in [2.45, 2.75) is 58.0 Å². The van der Waals surface area contributed by atoms with Crippen molar-refractivity contribution in [2.75, 3.05) is 19.6 Å². The lowest BCUT2D eigenvalue weighted by Crippen LogP contribution is -2.41. The molecule has 5 heteroatoms. The van der Waals surface area contributed by atoms with Gasteiger partial charge in [-0.15, -0.1) is 0 Å². The molecule has 0 bridgehead atoms. The van der Waals surface area contributed by atoms with Crippen LogP contribution in [0.2, 0.25) is 0 Å². The first kappa shape index (κ1) is 14.0. The molecule has 1 aliphatic carbocycles. The molecule has 1 N–H and O–H groups in total. The Morgan fingerprint density at radius 3 is 2.85 bits per heavy atom. The second kappa shape index (κ2) is 6.22. The van der Waals surface area contributed by atoms with Crippen LogP contribution in [-0.4, -0.2) is 40.7 Å². The number of hydrogen-bond acceptors (Lipinski definition) is 5. The maximum atomic E-state index is 5.36. The highest BCUT2D eigenvalue weighted by molar-refractivity contribution is 5.01. The van der Waals surface area contributed by atoms with E-state index in [4.69, 9.17) is 4.52 Å². The largest absolute Gasteiger partial charge is 0.339 e. The quantitative estimate of drug-likeness (QED) is 0.864. The Labute approximate surface area is 121 Å². The predicted octanol–water partition coefficient (Wildman–Crippen LogP) is 2.16. The van der Waals surface area contributed by atoms with Crippen molar-refractivity contribution in [3.63, 3.8) is 0 Å². The SMILES string of the molecule is CC(C)N(Cc1noc(C2CC2)n1)CC1CCCNC1. The highest BCUT2D eigenvalue weighted by Gasteiger charge is 2.30. The topological polar surface area (TPSA) is 54.2 Å². The molecule has 1 atom stereocenters. The molecule has 0 amide bonds. The van der Waals surface area contributed by atoms with Gasteiger partial charge in [0, 0.05) is 18.5 Å². The molecule has 0 spiro atoms. The zero-order valence-corrected chi connectivity index (χ0v) is 12.6. The van der Waals surface area contributed by atoms with Crippen LogP contribution < -0.4 is 5.32 Å². The molecule has 2 heterocycles. The second-order valence-electron chi connectivity index (χ2n) is 6.56. The number of aromatic nitrogens is 2. The minimum atomic E-state index is 0.514. The van der Waals surface area contributed by atoms with Crippen molar-refractivity contribution in [2.24, 2.45) is 5.92 Å². The summed E-state index contributed by atoms with van der Waals surface area (Å²) < 4.78 is 5.36. The lowest BCUT2D eigenvalue weighted by Gasteiger charge is -2.31. The third-order valence-electron chi connectivity index (χ3n) is 4.38. The van der Waals surface area contributed by atoms with Crippen LogP contribution in [0.15, 0.2) is 4.52 Å². The van der Waals surface area contributed by atoms with Gasteiger partial charge < -0.3 is 9.84 Å². The van der Waals surface area contributed by atoms with E-state index in [-0.39, 0.29) is 0 Å². The van der Waals surface area contributed by atoms with Crippen molar-refractivity contribution >= 4 is 0 Å². The molecule has 2 fully saturated rings. The first-order valence-corrected chi connectivity index (χ1v) is 7.99. The zero-order chi connectivity index (χ0) is 13.9. The standard InChI is InChI=1S/C15H26N4O/c1-11(2)19(9-12-4-3-7-16-8-12)10-14-17-15(20-18-14)13-5-6-13/h11-13,16H,3-10H2,1-2H3. The minimum absolute atomic E-state index is 0.514. The summed E-state index contributed by atoms with van der Waals surface area (Å²) in [6, 6.07) is 0.514. The number of hydrogen-bond donors (Lipinski definition) is 1. The van der Waals surface area contributed by atoms with Gasteiger partial charge in [0.25, 0.3) is 0 Å². The summed E-state index contributed by atoms with van der Waals surface area (Å²) in [5, 5.41) is 7.64. The molecular formula is C15H26N4O. The fourth-order valence-corrected chi connectivity index (χ4v) is 2.88. The van der Waals surface area contributed by atoms with Gasteiger partial charge in [-0.25, -0.2) is 0 Å². The van der Waals surface area contributed by atoms with E-state index in [0.717, 1.165) is 37.3 Å². The molecule has 1 aromatic rings. The molecule has 3 rings (SSSR count). The van der Waals surface area contributed by atoms with E-state index in [1.165, 1.54) is 32.2 Å². The Balaban J connectivity index is 1.57. The molecule has 1 unspecified atom stereocenters. The Kier molecular flexibility index (Phi) is 4.36. The third-order valence-corrected chi connectivity index (χ3v) is 4.38. The average Bonchev–Trinajstić information content (AvgIpc) is 3.19. The van der Waals surface area contributed by atoms with Crippen LogP contribution >= 0.6 is 0 Å². The maximum absolute atomic E-state index is 5.36. The fourth-order valence-electron chi connectivity index (χ4n) is 2.88. The molecule has 20 heavy (non-hydrogen) atoms. The summed E-state index contributed by atoms with van der Waals surface area (Å²) in [5.74, 6) is 3.00. The molecule has 1 saturated heterocycles. The Bertz CT molecular complexity index is 421. The Hall–Kier alpha value is -0.940. The van der Waals surface area contributed by atoms with Crippen LogP contribution in [0.25, 0.3) is 0 Å². The first-order valence-electron chi connectivity index (χ1n) is 7.99. The number of nitrogens with zero attached hydrogens (tertiary/aromatic N) is 3. The van der Waals surface area contributed by atoms with E-state index in [0.29, 0.717) is 12.0 Å². The van der Waals surface area contributed by atoms with E-state index in [9.17, 15) is 0 Å². The molecule has 1 saturated carbocycles. The van der Waals surface area contributed by atoms with Crippen LogP contribution in [-0.2, 0) is 6.54 Å². The van der Waals surface area contributed by atoms with Crippen molar-refractivity contribution in [1.82, 2.24) is 20.4 Å². The number of rotatable bonds is 6. The van der Waals surface area contributed by atoms with E-state index < -0.39 is 0 Å². The summed E-state index contributed by atoms with van der Waals surface area (Å²) in [5.41, 5.74) is 0. The van der Waals surface area contributed by atoms with Gasteiger partial charge in [0.15, 0.2) is 5.82 Å². The summed E-state index contributed by atoms with van der Waals surface area (Å²) in [7, 11) is 0. The Morgan fingerprint density at radius 2 is 2.20 bits per heavy atom. The van der Waals surface area contributed by atoms with Gasteiger partial charge in [-0.05, 0) is 58.5 Å². The zero-order valence-electron chi connectivity index (χ0n) is 12.6. The van der Waals surface area contributed by atoms with Gasteiger partial charge in [-0.1, -0.05) is 5.16 Å². The molecule has 2 aliphatic rings. The fraction of sp³-hybridized carbons (Fsp3) is 0.867. The molecule has 5 nitrogen and oxygen atoms in total. The molecule has 112 valence electrons. The Morgan fingerprint density at radius 1 is 1.35 bits per heavy atom. The lowest BCUT2D eigenvalue weighted by molar-refractivity contribution is 0.158. The van der Waals surface area contributed by atoms with Gasteiger partial charge in [-0.3, -0.25) is 4.90 Å². The van der Waals surface area contributed by atoms with E-state index >= 15 is 0 Å². The van der Waals surface area contributed by atoms with Crippen LogP contribution in [0, 0.1) is 5.92 Å². The van der Waals surface area contributed by atoms with Gasteiger partial charge in [0.1, 0.15) is 0 Å². The predicted molar refractivity (Wildman–Crippen MR) is 77.4 cm³/mol. The molecule has 0 aromatic carbocycles. The first-order chi connectivity index (χ1) is 9.72. The third kappa shape index (κ3) is 3.58. The average molecular weight is 278 g/mol. The second-order valence-corrected chi connectivity index (χ2v) is 6.56. The summed E-state index contributed by atoms with van der Waals surface area (Å²) in [4.78, 5) is 7.02. The van der Waals surface area contributed by atoms with Crippen molar-refractivity contribution in [1.29, 1.82) is 0 Å². The number of piperidine rings is 1. The van der Waals surface area contributed by atoms with Crippen LogP contribution in [0.3, 0.4) is 0 Å². The molecule has 0 radical (unpaired) electrons. The normalized spacial score (nSPS) is 23.7. The summed E-state index contributed by atoms with van der Waals surface area (Å²) in [6.45, 7) is 8.75. The van der Waals surface area contributed by atoms with E-state index in [1.54, 1.807) is 0 Å². The highest BCUT2D eigenvalue weighted by Crippen LogP contribution is 2.38. The van der Waals surface area contributed by atoms with Crippen molar-refractivity contribution < 1.29 is 4.52 Å². The highest BCUT2D eigenvalue weighted by atomic mass is 16.5. The maximum Gasteiger partial charge on any atom is 0.229 e. The van der Waals surface area contributed by atoms with Crippen LogP contribution in [0.4, 0.5) is 0 Å². The van der Waals surface area contributed by atoms with Crippen LogP contribution in [0.1, 0.15) is 57.2 Å². The van der Waals surface area contributed by atoms with Crippen LogP contribution in [0.5, 0.6) is 0 Å². The van der Waals surface area contributed by atoms with Gasteiger partial charge in [0.05, 0.1) is 6.54 Å². The van der Waals surface area contributed by atoms with E-state index in [1.807, 2.05) is 0 Å².